The minimum atomic E-state index is -0.238. The lowest BCUT2D eigenvalue weighted by molar-refractivity contribution is -0.137. The summed E-state index contributed by atoms with van der Waals surface area (Å²) in [6, 6.07) is 6.41. The van der Waals surface area contributed by atoms with Crippen molar-refractivity contribution in [1.29, 1.82) is 0 Å². The number of nitrogens with zero attached hydrogens (tertiary/aromatic N) is 1. The zero-order valence-corrected chi connectivity index (χ0v) is 13.6. The van der Waals surface area contributed by atoms with Crippen molar-refractivity contribution in [3.05, 3.63) is 35.6 Å². The third-order valence-corrected chi connectivity index (χ3v) is 4.27. The van der Waals surface area contributed by atoms with Gasteiger partial charge in [0.25, 0.3) is 0 Å². The maximum atomic E-state index is 12.9. The lowest BCUT2D eigenvalue weighted by Crippen LogP contribution is -2.43. The SMILES string of the molecule is CCOCC1CCCN(C(=O)C(C)Cc2ccc(F)cc2)C1. The van der Waals surface area contributed by atoms with Crippen LogP contribution in [0.15, 0.2) is 24.3 Å². The molecule has 2 rings (SSSR count). The maximum absolute atomic E-state index is 12.9. The number of ether oxygens (including phenoxy) is 1. The Morgan fingerprint density at radius 1 is 1.41 bits per heavy atom. The van der Waals surface area contributed by atoms with E-state index in [-0.39, 0.29) is 17.6 Å². The van der Waals surface area contributed by atoms with E-state index in [9.17, 15) is 9.18 Å². The van der Waals surface area contributed by atoms with E-state index in [0.29, 0.717) is 12.3 Å². The second kappa shape index (κ2) is 8.28. The first kappa shape index (κ1) is 16.9. The number of benzene rings is 1. The van der Waals surface area contributed by atoms with Crippen molar-refractivity contribution >= 4 is 5.91 Å². The first-order valence-corrected chi connectivity index (χ1v) is 8.21. The van der Waals surface area contributed by atoms with Crippen LogP contribution in [0.1, 0.15) is 32.3 Å². The molecule has 1 aromatic rings. The molecule has 0 aliphatic carbocycles. The summed E-state index contributed by atoms with van der Waals surface area (Å²) in [5, 5.41) is 0. The summed E-state index contributed by atoms with van der Waals surface area (Å²) in [4.78, 5) is 14.6. The molecule has 122 valence electrons. The minimum absolute atomic E-state index is 0.0729. The zero-order chi connectivity index (χ0) is 15.9. The lowest BCUT2D eigenvalue weighted by Gasteiger charge is -2.34. The van der Waals surface area contributed by atoms with Crippen molar-refractivity contribution in [2.75, 3.05) is 26.3 Å². The van der Waals surface area contributed by atoms with Gasteiger partial charge in [-0.05, 0) is 49.8 Å². The molecule has 1 aromatic carbocycles. The van der Waals surface area contributed by atoms with Crippen LogP contribution in [0.5, 0.6) is 0 Å². The van der Waals surface area contributed by atoms with E-state index in [2.05, 4.69) is 0 Å². The maximum Gasteiger partial charge on any atom is 0.225 e. The summed E-state index contributed by atoms with van der Waals surface area (Å²) < 4.78 is 18.4. The number of hydrogen-bond acceptors (Lipinski definition) is 2. The highest BCUT2D eigenvalue weighted by Gasteiger charge is 2.26. The summed E-state index contributed by atoms with van der Waals surface area (Å²) in [6.45, 7) is 7.06. The van der Waals surface area contributed by atoms with Gasteiger partial charge in [0.05, 0.1) is 6.61 Å². The fraction of sp³-hybridized carbons (Fsp3) is 0.611. The second-order valence-electron chi connectivity index (χ2n) is 6.18. The highest BCUT2D eigenvalue weighted by atomic mass is 19.1. The number of carbonyl (C=O) groups is 1. The fourth-order valence-corrected chi connectivity index (χ4v) is 3.06. The highest BCUT2D eigenvalue weighted by Crippen LogP contribution is 2.20. The molecule has 3 nitrogen and oxygen atoms in total. The molecule has 1 aliphatic rings. The molecule has 1 aliphatic heterocycles. The molecule has 0 spiro atoms. The smallest absolute Gasteiger partial charge is 0.225 e. The Morgan fingerprint density at radius 3 is 2.82 bits per heavy atom. The number of halogens is 1. The van der Waals surface area contributed by atoms with Gasteiger partial charge in [-0.3, -0.25) is 4.79 Å². The molecule has 22 heavy (non-hydrogen) atoms. The Hall–Kier alpha value is -1.42. The minimum Gasteiger partial charge on any atom is -0.381 e. The lowest BCUT2D eigenvalue weighted by atomic mass is 9.95. The molecule has 0 saturated carbocycles. The number of piperidine rings is 1. The molecule has 1 amide bonds. The van der Waals surface area contributed by atoms with Crippen LogP contribution in [-0.4, -0.2) is 37.1 Å². The van der Waals surface area contributed by atoms with E-state index in [1.807, 2.05) is 18.7 Å². The normalized spacial score (nSPS) is 20.0. The van der Waals surface area contributed by atoms with Gasteiger partial charge in [0.1, 0.15) is 5.82 Å². The van der Waals surface area contributed by atoms with Crippen LogP contribution in [0.2, 0.25) is 0 Å². The van der Waals surface area contributed by atoms with Gasteiger partial charge in [0.15, 0.2) is 0 Å². The standard InChI is InChI=1S/C18H26FNO2/c1-3-22-13-16-5-4-10-20(12-16)18(21)14(2)11-15-6-8-17(19)9-7-15/h6-9,14,16H,3-5,10-13H2,1-2H3. The Morgan fingerprint density at radius 2 is 2.14 bits per heavy atom. The van der Waals surface area contributed by atoms with Gasteiger partial charge < -0.3 is 9.64 Å². The second-order valence-corrected chi connectivity index (χ2v) is 6.18. The van der Waals surface area contributed by atoms with Crippen LogP contribution in [-0.2, 0) is 16.0 Å². The van der Waals surface area contributed by atoms with Crippen molar-refractivity contribution in [1.82, 2.24) is 4.90 Å². The summed E-state index contributed by atoms with van der Waals surface area (Å²) in [6.07, 6.45) is 2.84. The van der Waals surface area contributed by atoms with E-state index in [0.717, 1.165) is 44.7 Å². The van der Waals surface area contributed by atoms with Crippen molar-refractivity contribution in [3.63, 3.8) is 0 Å². The number of hydrogen-bond donors (Lipinski definition) is 0. The van der Waals surface area contributed by atoms with E-state index in [1.54, 1.807) is 12.1 Å². The van der Waals surface area contributed by atoms with Gasteiger partial charge in [-0.2, -0.15) is 0 Å². The largest absolute Gasteiger partial charge is 0.381 e. The summed E-state index contributed by atoms with van der Waals surface area (Å²) in [5.41, 5.74) is 1.00. The summed E-state index contributed by atoms with van der Waals surface area (Å²) >= 11 is 0. The van der Waals surface area contributed by atoms with Crippen molar-refractivity contribution in [3.8, 4) is 0 Å². The Bertz CT molecular complexity index is 474. The Kier molecular flexibility index (Phi) is 6.37. The topological polar surface area (TPSA) is 29.5 Å². The molecular weight excluding hydrogens is 281 g/mol. The summed E-state index contributed by atoms with van der Waals surface area (Å²) in [7, 11) is 0. The molecule has 2 unspecified atom stereocenters. The molecule has 0 bridgehead atoms. The Labute approximate surface area is 132 Å². The van der Waals surface area contributed by atoms with Crippen LogP contribution in [0.25, 0.3) is 0 Å². The van der Waals surface area contributed by atoms with Gasteiger partial charge in [-0.1, -0.05) is 19.1 Å². The monoisotopic (exact) mass is 307 g/mol. The molecule has 1 fully saturated rings. The molecule has 1 heterocycles. The van der Waals surface area contributed by atoms with Gasteiger partial charge in [-0.25, -0.2) is 4.39 Å². The predicted octanol–water partition coefficient (Wildman–Crippen LogP) is 3.28. The van der Waals surface area contributed by atoms with Crippen LogP contribution in [0, 0.1) is 17.7 Å². The van der Waals surface area contributed by atoms with E-state index >= 15 is 0 Å². The average Bonchev–Trinajstić information content (AvgIpc) is 2.54. The van der Waals surface area contributed by atoms with Gasteiger partial charge >= 0.3 is 0 Å². The van der Waals surface area contributed by atoms with Gasteiger partial charge in [0.2, 0.25) is 5.91 Å². The predicted molar refractivity (Wildman–Crippen MR) is 85.1 cm³/mol. The first-order chi connectivity index (χ1) is 10.6. The van der Waals surface area contributed by atoms with Crippen LogP contribution in [0.3, 0.4) is 0 Å². The quantitative estimate of drug-likeness (QED) is 0.807. The van der Waals surface area contributed by atoms with Crippen molar-refractivity contribution < 1.29 is 13.9 Å². The zero-order valence-electron chi connectivity index (χ0n) is 13.6. The fourth-order valence-electron chi connectivity index (χ4n) is 3.06. The van der Waals surface area contributed by atoms with Gasteiger partial charge in [-0.15, -0.1) is 0 Å². The number of carbonyl (C=O) groups excluding carboxylic acids is 1. The summed E-state index contributed by atoms with van der Waals surface area (Å²) in [5.74, 6) is 0.343. The highest BCUT2D eigenvalue weighted by molar-refractivity contribution is 5.78. The first-order valence-electron chi connectivity index (χ1n) is 8.21. The van der Waals surface area contributed by atoms with E-state index < -0.39 is 0 Å². The third kappa shape index (κ3) is 4.80. The molecule has 0 radical (unpaired) electrons. The molecule has 0 N–H and O–H groups in total. The van der Waals surface area contributed by atoms with E-state index in [4.69, 9.17) is 4.74 Å². The molecule has 1 saturated heterocycles. The van der Waals surface area contributed by atoms with Crippen molar-refractivity contribution in [2.45, 2.75) is 33.1 Å². The molecule has 2 atom stereocenters. The van der Waals surface area contributed by atoms with Gasteiger partial charge in [0, 0.05) is 25.6 Å². The van der Waals surface area contributed by atoms with E-state index in [1.165, 1.54) is 12.1 Å². The van der Waals surface area contributed by atoms with Crippen LogP contribution < -0.4 is 0 Å². The molecule has 0 aromatic heterocycles. The van der Waals surface area contributed by atoms with Crippen molar-refractivity contribution in [2.24, 2.45) is 11.8 Å². The third-order valence-electron chi connectivity index (χ3n) is 4.27. The molecule has 4 heteroatoms. The number of likely N-dealkylation sites (tertiary alicyclic amines) is 1. The van der Waals surface area contributed by atoms with Crippen LogP contribution >= 0.6 is 0 Å². The van der Waals surface area contributed by atoms with Crippen LogP contribution in [0.4, 0.5) is 4.39 Å². The number of amides is 1. The number of rotatable bonds is 6. The average molecular weight is 307 g/mol. The molecular formula is C18H26FNO2. The Balaban J connectivity index is 1.87.